The minimum Gasteiger partial charge on any atom is -0.467 e. The highest BCUT2D eigenvalue weighted by Gasteiger charge is 2.15. The van der Waals surface area contributed by atoms with Gasteiger partial charge in [0, 0.05) is 32.1 Å². The number of anilines is 1. The molecular formula is C23H25FN8OS. The fourth-order valence-electron chi connectivity index (χ4n) is 3.29. The fourth-order valence-corrected chi connectivity index (χ4v) is 4.22. The van der Waals surface area contributed by atoms with Gasteiger partial charge < -0.3 is 20.4 Å². The predicted octanol–water partition coefficient (Wildman–Crippen LogP) is 3.63. The highest BCUT2D eigenvalue weighted by molar-refractivity contribution is 7.18. The minimum absolute atomic E-state index is 0.171. The van der Waals surface area contributed by atoms with Crippen molar-refractivity contribution < 1.29 is 9.13 Å². The summed E-state index contributed by atoms with van der Waals surface area (Å²) in [5.74, 6) is 0.990. The summed E-state index contributed by atoms with van der Waals surface area (Å²) in [6.45, 7) is 9.23. The average molecular weight is 481 g/mol. The van der Waals surface area contributed by atoms with Crippen molar-refractivity contribution in [2.24, 2.45) is 0 Å². The van der Waals surface area contributed by atoms with E-state index in [1.54, 1.807) is 24.4 Å². The maximum Gasteiger partial charge on any atom is 0.319 e. The van der Waals surface area contributed by atoms with Gasteiger partial charge in [0.25, 0.3) is 0 Å². The summed E-state index contributed by atoms with van der Waals surface area (Å²) >= 11 is 1.48. The van der Waals surface area contributed by atoms with Crippen molar-refractivity contribution in [3.63, 3.8) is 0 Å². The minimum atomic E-state index is -0.381. The largest absolute Gasteiger partial charge is 0.467 e. The fraction of sp³-hybridized carbons (Fsp3) is 0.261. The molecule has 0 saturated carbocycles. The molecule has 0 amide bonds. The summed E-state index contributed by atoms with van der Waals surface area (Å²) < 4.78 is 19.2. The number of halogens is 1. The number of methoxy groups -OCH3 is 1. The predicted molar refractivity (Wildman–Crippen MR) is 132 cm³/mol. The van der Waals surface area contributed by atoms with Gasteiger partial charge in [0.05, 0.1) is 35.7 Å². The smallest absolute Gasteiger partial charge is 0.319 e. The van der Waals surface area contributed by atoms with E-state index < -0.39 is 0 Å². The molecule has 0 aliphatic carbocycles. The molecule has 4 aromatic heterocycles. The number of rotatable bonds is 12. The van der Waals surface area contributed by atoms with Crippen LogP contribution in [-0.4, -0.2) is 50.1 Å². The van der Waals surface area contributed by atoms with Gasteiger partial charge in [-0.1, -0.05) is 24.5 Å². The second kappa shape index (κ2) is 10.9. The summed E-state index contributed by atoms with van der Waals surface area (Å²) in [5.41, 5.74) is 2.61. The second-order valence-electron chi connectivity index (χ2n) is 7.25. The van der Waals surface area contributed by atoms with Gasteiger partial charge in [0.2, 0.25) is 0 Å². The van der Waals surface area contributed by atoms with Gasteiger partial charge in [-0.15, -0.1) is 0 Å². The van der Waals surface area contributed by atoms with Crippen molar-refractivity contribution >= 4 is 39.7 Å². The first kappa shape index (κ1) is 23.5. The standard InChI is InChI=1S/C23H25FN8OS/c1-4-15-16(5-2)29-18(28-15)8-11-25-12-9-19-30-20-21(31-23(33-3)32-22(20)34-19)27-13-17-14(24)7-6-10-26-17/h4-7,10,25H,1-2,8-9,11-13H2,3H3,(H,28,29)(H,27,31,32). The molecule has 34 heavy (non-hydrogen) atoms. The zero-order chi connectivity index (χ0) is 23.9. The number of aromatic amines is 1. The number of hydrogen-bond donors (Lipinski definition) is 3. The third kappa shape index (κ3) is 5.43. The van der Waals surface area contributed by atoms with Crippen LogP contribution in [0.4, 0.5) is 10.2 Å². The van der Waals surface area contributed by atoms with Crippen LogP contribution >= 0.6 is 11.3 Å². The topological polar surface area (TPSA) is 114 Å². The molecule has 4 rings (SSSR count). The third-order valence-electron chi connectivity index (χ3n) is 4.99. The summed E-state index contributed by atoms with van der Waals surface area (Å²) in [7, 11) is 1.50. The lowest BCUT2D eigenvalue weighted by Crippen LogP contribution is -2.20. The monoisotopic (exact) mass is 480 g/mol. The molecule has 4 heterocycles. The molecule has 0 aliphatic rings. The van der Waals surface area contributed by atoms with Gasteiger partial charge in [-0.3, -0.25) is 4.98 Å². The Hall–Kier alpha value is -3.70. The average Bonchev–Trinajstić information content (AvgIpc) is 3.46. The van der Waals surface area contributed by atoms with E-state index >= 15 is 0 Å². The van der Waals surface area contributed by atoms with Crippen LogP contribution in [0.1, 0.15) is 27.9 Å². The van der Waals surface area contributed by atoms with E-state index in [0.717, 1.165) is 48.2 Å². The van der Waals surface area contributed by atoms with Crippen LogP contribution in [0.3, 0.4) is 0 Å². The first-order valence-electron chi connectivity index (χ1n) is 10.7. The van der Waals surface area contributed by atoms with Gasteiger partial charge in [0.1, 0.15) is 17.2 Å². The Morgan fingerprint density at radius 1 is 1.15 bits per heavy atom. The van der Waals surface area contributed by atoms with Gasteiger partial charge >= 0.3 is 6.01 Å². The van der Waals surface area contributed by atoms with Crippen LogP contribution in [0.25, 0.3) is 22.5 Å². The number of nitrogens with zero attached hydrogens (tertiary/aromatic N) is 5. The number of pyridine rings is 1. The van der Waals surface area contributed by atoms with Crippen molar-refractivity contribution in [1.82, 2.24) is 35.2 Å². The number of fused-ring (bicyclic) bond motifs is 1. The molecule has 0 radical (unpaired) electrons. The summed E-state index contributed by atoms with van der Waals surface area (Å²) in [6, 6.07) is 3.15. The van der Waals surface area contributed by atoms with Crippen molar-refractivity contribution in [3.05, 3.63) is 65.2 Å². The van der Waals surface area contributed by atoms with E-state index in [4.69, 9.17) is 9.72 Å². The van der Waals surface area contributed by atoms with Crippen LogP contribution in [-0.2, 0) is 19.4 Å². The van der Waals surface area contributed by atoms with Gasteiger partial charge in [-0.25, -0.2) is 14.4 Å². The van der Waals surface area contributed by atoms with E-state index in [1.165, 1.54) is 24.5 Å². The zero-order valence-electron chi connectivity index (χ0n) is 18.8. The molecule has 0 spiro atoms. The molecule has 0 saturated heterocycles. The van der Waals surface area contributed by atoms with Crippen LogP contribution in [0, 0.1) is 5.82 Å². The summed E-state index contributed by atoms with van der Waals surface area (Å²) in [4.78, 5) is 26.0. The van der Waals surface area contributed by atoms with Crippen LogP contribution in [0.5, 0.6) is 6.01 Å². The maximum atomic E-state index is 13.9. The first-order chi connectivity index (χ1) is 16.6. The molecule has 176 valence electrons. The van der Waals surface area contributed by atoms with Gasteiger partial charge in [-0.2, -0.15) is 9.97 Å². The van der Waals surface area contributed by atoms with Crippen molar-refractivity contribution in [3.8, 4) is 6.01 Å². The quantitative estimate of drug-likeness (QED) is 0.264. The second-order valence-corrected chi connectivity index (χ2v) is 8.31. The van der Waals surface area contributed by atoms with Crippen LogP contribution < -0.4 is 15.4 Å². The Labute approximate surface area is 200 Å². The van der Waals surface area contributed by atoms with Crippen molar-refractivity contribution in [2.75, 3.05) is 25.5 Å². The summed E-state index contributed by atoms with van der Waals surface area (Å²) in [5, 5.41) is 7.44. The Bertz CT molecular complexity index is 1280. The number of H-pyrrole nitrogens is 1. The van der Waals surface area contributed by atoms with Crippen molar-refractivity contribution in [1.29, 1.82) is 0 Å². The molecule has 0 bridgehead atoms. The Morgan fingerprint density at radius 3 is 2.74 bits per heavy atom. The number of aromatic nitrogens is 6. The molecule has 9 nitrogen and oxygen atoms in total. The number of imidazole rings is 1. The molecule has 0 atom stereocenters. The SMILES string of the molecule is C=Cc1nc(CCNCCc2nc3c(NCc4ncccc4F)nc(OC)nc3s2)[nH]c1C=C. The van der Waals surface area contributed by atoms with Gasteiger partial charge in [-0.05, 0) is 24.3 Å². The maximum absolute atomic E-state index is 13.9. The lowest BCUT2D eigenvalue weighted by Gasteiger charge is -2.07. The number of thiazole rings is 1. The molecule has 0 aromatic carbocycles. The first-order valence-corrected chi connectivity index (χ1v) is 11.5. The Kier molecular flexibility index (Phi) is 7.55. The normalized spacial score (nSPS) is 11.0. The number of hydrogen-bond acceptors (Lipinski definition) is 9. The Balaban J connectivity index is 1.37. The number of ether oxygens (including phenoxy) is 1. The number of nitrogens with one attached hydrogen (secondary N) is 3. The molecule has 0 unspecified atom stereocenters. The van der Waals surface area contributed by atoms with Crippen molar-refractivity contribution in [2.45, 2.75) is 19.4 Å². The van der Waals surface area contributed by atoms with E-state index in [9.17, 15) is 4.39 Å². The molecule has 4 aromatic rings. The Morgan fingerprint density at radius 2 is 2.00 bits per heavy atom. The highest BCUT2D eigenvalue weighted by atomic mass is 32.1. The van der Waals surface area contributed by atoms with E-state index in [1.807, 2.05) is 0 Å². The molecule has 0 fully saturated rings. The lowest BCUT2D eigenvalue weighted by molar-refractivity contribution is 0.382. The zero-order valence-corrected chi connectivity index (χ0v) is 19.6. The molecule has 11 heteroatoms. The van der Waals surface area contributed by atoms with Crippen LogP contribution in [0.15, 0.2) is 31.5 Å². The van der Waals surface area contributed by atoms with E-state index in [0.29, 0.717) is 21.9 Å². The van der Waals surface area contributed by atoms with E-state index in [-0.39, 0.29) is 18.4 Å². The highest BCUT2D eigenvalue weighted by Crippen LogP contribution is 2.28. The molecular weight excluding hydrogens is 455 g/mol. The third-order valence-corrected chi connectivity index (χ3v) is 5.99. The van der Waals surface area contributed by atoms with E-state index in [2.05, 4.69) is 48.7 Å². The van der Waals surface area contributed by atoms with Gasteiger partial charge in [0.15, 0.2) is 10.6 Å². The molecule has 3 N–H and O–H groups in total. The summed E-state index contributed by atoms with van der Waals surface area (Å²) in [6.07, 6.45) is 6.49. The lowest BCUT2D eigenvalue weighted by atomic mass is 10.3. The molecule has 0 aliphatic heterocycles. The van der Waals surface area contributed by atoms with Crippen LogP contribution in [0.2, 0.25) is 0 Å².